The van der Waals surface area contributed by atoms with E-state index in [1.165, 1.54) is 0 Å². The maximum Gasteiger partial charge on any atom is 0.413 e. The zero-order valence-corrected chi connectivity index (χ0v) is 23.5. The Morgan fingerprint density at radius 2 is 1.35 bits per heavy atom. The number of ether oxygens (including phenoxy) is 2. The van der Waals surface area contributed by atoms with E-state index < -0.39 is 23.3 Å². The first-order chi connectivity index (χ1) is 19.0. The Kier molecular flexibility index (Phi) is 8.53. The first-order valence-corrected chi connectivity index (χ1v) is 13.2. The number of amides is 2. The third-order valence-corrected chi connectivity index (χ3v) is 6.16. The van der Waals surface area contributed by atoms with Gasteiger partial charge in [-0.15, -0.1) is 0 Å². The van der Waals surface area contributed by atoms with Crippen molar-refractivity contribution in [3.63, 3.8) is 0 Å². The van der Waals surface area contributed by atoms with Crippen LogP contribution in [-0.4, -0.2) is 22.8 Å². The zero-order chi connectivity index (χ0) is 28.8. The highest BCUT2D eigenvalue weighted by Crippen LogP contribution is 2.34. The monoisotopic (exact) mass is 537 g/mol. The second-order valence-corrected chi connectivity index (χ2v) is 11.0. The maximum atomic E-state index is 12.5. The van der Waals surface area contributed by atoms with Crippen LogP contribution in [0.3, 0.4) is 0 Å². The number of anilines is 1. The molecule has 2 amide bonds. The molecule has 0 bridgehead atoms. The lowest BCUT2D eigenvalue weighted by molar-refractivity contribution is 0.0470. The molecule has 3 aromatic carbocycles. The van der Waals surface area contributed by atoms with Gasteiger partial charge in [-0.2, -0.15) is 0 Å². The molecule has 2 N–H and O–H groups in total. The normalized spacial score (nSPS) is 11.4. The Labute approximate surface area is 235 Å². The fourth-order valence-electron chi connectivity index (χ4n) is 4.17. The molecule has 0 aliphatic heterocycles. The number of nitrogens with one attached hydrogen (secondary N) is 2. The minimum absolute atomic E-state index is 0.168. The standard InChI is InChI=1S/C33H35N3O4/c1-32(2,3)40-31(38)36-33(4,5)26-18-16-25(17-19-26)28-21-34-29(20-27(28)24-14-10-7-11-15-24)35-30(37)39-22-23-12-8-6-9-13-23/h6-21H,22H2,1-5H3,(H,36,38)(H,34,35,37). The number of benzene rings is 3. The Balaban J connectivity index is 1.55. The molecule has 0 fully saturated rings. The SMILES string of the molecule is CC(C)(C)OC(=O)NC(C)(C)c1ccc(-c2cnc(NC(=O)OCc3ccccc3)cc2-c2ccccc2)cc1. The van der Waals surface area contributed by atoms with Crippen LogP contribution in [0.15, 0.2) is 97.2 Å². The van der Waals surface area contributed by atoms with Crippen molar-refractivity contribution in [3.05, 3.63) is 108 Å². The lowest BCUT2D eigenvalue weighted by atomic mass is 9.91. The van der Waals surface area contributed by atoms with E-state index in [1.54, 1.807) is 6.20 Å². The molecule has 0 unspecified atom stereocenters. The van der Waals surface area contributed by atoms with Crippen LogP contribution in [0.4, 0.5) is 15.4 Å². The van der Waals surface area contributed by atoms with Crippen LogP contribution in [0.5, 0.6) is 0 Å². The third-order valence-electron chi connectivity index (χ3n) is 6.16. The van der Waals surface area contributed by atoms with E-state index in [9.17, 15) is 9.59 Å². The third kappa shape index (κ3) is 7.69. The van der Waals surface area contributed by atoms with Gasteiger partial charge in [0, 0.05) is 11.8 Å². The largest absolute Gasteiger partial charge is 0.444 e. The summed E-state index contributed by atoms with van der Waals surface area (Å²) in [6.07, 6.45) is 0.698. The van der Waals surface area contributed by atoms with Crippen LogP contribution in [0.1, 0.15) is 45.7 Å². The summed E-state index contributed by atoms with van der Waals surface area (Å²) in [5.41, 5.74) is 4.35. The minimum atomic E-state index is -0.644. The van der Waals surface area contributed by atoms with Crippen molar-refractivity contribution in [2.75, 3.05) is 5.32 Å². The van der Waals surface area contributed by atoms with Gasteiger partial charge in [-0.3, -0.25) is 5.32 Å². The van der Waals surface area contributed by atoms with E-state index in [0.29, 0.717) is 5.82 Å². The number of carbonyl (C=O) groups is 2. The Morgan fingerprint density at radius 1 is 0.750 bits per heavy atom. The van der Waals surface area contributed by atoms with Gasteiger partial charge < -0.3 is 14.8 Å². The molecule has 0 radical (unpaired) electrons. The molecule has 1 aromatic heterocycles. The van der Waals surface area contributed by atoms with E-state index in [4.69, 9.17) is 9.47 Å². The van der Waals surface area contributed by atoms with E-state index in [1.807, 2.05) is 126 Å². The Morgan fingerprint density at radius 3 is 1.98 bits per heavy atom. The van der Waals surface area contributed by atoms with E-state index in [0.717, 1.165) is 33.4 Å². The molecule has 4 rings (SSSR count). The van der Waals surface area contributed by atoms with Gasteiger partial charge in [-0.1, -0.05) is 84.9 Å². The van der Waals surface area contributed by atoms with E-state index in [2.05, 4.69) is 15.6 Å². The van der Waals surface area contributed by atoms with Crippen LogP contribution < -0.4 is 10.6 Å². The molecule has 206 valence electrons. The minimum Gasteiger partial charge on any atom is -0.444 e. The predicted octanol–water partition coefficient (Wildman–Crippen LogP) is 7.92. The molecule has 4 aromatic rings. The van der Waals surface area contributed by atoms with Crippen LogP contribution >= 0.6 is 0 Å². The molecule has 0 spiro atoms. The van der Waals surface area contributed by atoms with Crippen molar-refractivity contribution < 1.29 is 19.1 Å². The topological polar surface area (TPSA) is 89.5 Å². The number of carbonyl (C=O) groups excluding carboxylic acids is 2. The molecule has 40 heavy (non-hydrogen) atoms. The number of nitrogens with zero attached hydrogens (tertiary/aromatic N) is 1. The first kappa shape index (κ1) is 28.4. The van der Waals surface area contributed by atoms with Crippen molar-refractivity contribution in [1.82, 2.24) is 10.3 Å². The summed E-state index contributed by atoms with van der Waals surface area (Å²) in [6.45, 7) is 9.53. The van der Waals surface area contributed by atoms with Crippen molar-refractivity contribution in [1.29, 1.82) is 0 Å². The van der Waals surface area contributed by atoms with Crippen LogP contribution in [-0.2, 0) is 21.6 Å². The predicted molar refractivity (Wildman–Crippen MR) is 158 cm³/mol. The number of rotatable bonds is 7. The van der Waals surface area contributed by atoms with E-state index in [-0.39, 0.29) is 6.61 Å². The Bertz CT molecular complexity index is 1450. The summed E-state index contributed by atoms with van der Waals surface area (Å²) >= 11 is 0. The molecular weight excluding hydrogens is 502 g/mol. The fraction of sp³-hybridized carbons (Fsp3) is 0.242. The molecule has 0 aliphatic rings. The van der Waals surface area contributed by atoms with Gasteiger partial charge in [0.15, 0.2) is 0 Å². The molecule has 0 atom stereocenters. The van der Waals surface area contributed by atoms with Crippen molar-refractivity contribution in [2.45, 2.75) is 52.4 Å². The van der Waals surface area contributed by atoms with Gasteiger partial charge in [0.25, 0.3) is 0 Å². The second kappa shape index (κ2) is 12.0. The number of alkyl carbamates (subject to hydrolysis) is 1. The molecule has 1 heterocycles. The zero-order valence-electron chi connectivity index (χ0n) is 23.5. The summed E-state index contributed by atoms with van der Waals surface area (Å²) in [6, 6.07) is 29.2. The quantitative estimate of drug-likeness (QED) is 0.250. The smallest absolute Gasteiger partial charge is 0.413 e. The highest BCUT2D eigenvalue weighted by atomic mass is 16.6. The number of aromatic nitrogens is 1. The summed E-state index contributed by atoms with van der Waals surface area (Å²) in [5, 5.41) is 5.69. The second-order valence-electron chi connectivity index (χ2n) is 11.0. The van der Waals surface area contributed by atoms with Crippen molar-refractivity contribution in [2.24, 2.45) is 0 Å². The Hall–Kier alpha value is -4.65. The van der Waals surface area contributed by atoms with Crippen LogP contribution in [0.25, 0.3) is 22.3 Å². The van der Waals surface area contributed by atoms with Gasteiger partial charge >= 0.3 is 12.2 Å². The molecule has 7 heteroatoms. The maximum absolute atomic E-state index is 12.5. The molecule has 0 aliphatic carbocycles. The average Bonchev–Trinajstić information content (AvgIpc) is 2.92. The van der Waals surface area contributed by atoms with Crippen LogP contribution in [0.2, 0.25) is 0 Å². The average molecular weight is 538 g/mol. The number of pyridine rings is 1. The van der Waals surface area contributed by atoms with E-state index >= 15 is 0 Å². The molecule has 0 saturated carbocycles. The van der Waals surface area contributed by atoms with Gasteiger partial charge in [0.05, 0.1) is 5.54 Å². The molecule has 0 saturated heterocycles. The van der Waals surface area contributed by atoms with Gasteiger partial charge in [0.2, 0.25) is 0 Å². The summed E-state index contributed by atoms with van der Waals surface area (Å²) in [5.74, 6) is 0.389. The summed E-state index contributed by atoms with van der Waals surface area (Å²) in [7, 11) is 0. The lowest BCUT2D eigenvalue weighted by Crippen LogP contribution is -2.43. The van der Waals surface area contributed by atoms with Gasteiger partial charge in [-0.25, -0.2) is 14.6 Å². The van der Waals surface area contributed by atoms with Gasteiger partial charge in [-0.05, 0) is 68.5 Å². The fourth-order valence-corrected chi connectivity index (χ4v) is 4.17. The number of hydrogen-bond donors (Lipinski definition) is 2. The summed E-state index contributed by atoms with van der Waals surface area (Å²) in [4.78, 5) is 29.3. The van der Waals surface area contributed by atoms with Crippen LogP contribution in [0, 0.1) is 0 Å². The summed E-state index contributed by atoms with van der Waals surface area (Å²) < 4.78 is 10.8. The molecular formula is C33H35N3O4. The number of hydrogen-bond acceptors (Lipinski definition) is 5. The van der Waals surface area contributed by atoms with Crippen molar-refractivity contribution >= 4 is 18.0 Å². The molecule has 7 nitrogen and oxygen atoms in total. The highest BCUT2D eigenvalue weighted by Gasteiger charge is 2.26. The van der Waals surface area contributed by atoms with Gasteiger partial charge in [0.1, 0.15) is 18.0 Å². The highest BCUT2D eigenvalue weighted by molar-refractivity contribution is 5.88. The van der Waals surface area contributed by atoms with Crippen molar-refractivity contribution in [3.8, 4) is 22.3 Å². The first-order valence-electron chi connectivity index (χ1n) is 13.2. The lowest BCUT2D eigenvalue weighted by Gasteiger charge is -2.29.